The Kier molecular flexibility index (Phi) is 7.07. The summed E-state index contributed by atoms with van der Waals surface area (Å²) in [5, 5.41) is 2.63. The number of nitrogens with one attached hydrogen (secondary N) is 1. The molecule has 0 aliphatic carbocycles. The quantitative estimate of drug-likeness (QED) is 0.761. The molecule has 1 aromatic heterocycles. The summed E-state index contributed by atoms with van der Waals surface area (Å²) in [6, 6.07) is 3.64. The molecule has 0 radical (unpaired) electrons. The molecule has 1 saturated heterocycles. The van der Waals surface area contributed by atoms with Gasteiger partial charge in [0.2, 0.25) is 0 Å². The molecule has 1 aliphatic rings. The van der Waals surface area contributed by atoms with Crippen LogP contribution in [0.15, 0.2) is 16.5 Å². The molecule has 2 rings (SSSR count). The summed E-state index contributed by atoms with van der Waals surface area (Å²) >= 11 is 0. The topological polar surface area (TPSA) is 79.6 Å². The van der Waals surface area contributed by atoms with Gasteiger partial charge in [0, 0.05) is 6.54 Å². The largest absolute Gasteiger partial charge is 0.454 e. The number of amides is 1. The van der Waals surface area contributed by atoms with Gasteiger partial charge >= 0.3 is 0 Å². The molecule has 1 atom stereocenters. The molecule has 1 aliphatic heterocycles. The zero-order valence-corrected chi connectivity index (χ0v) is 16.3. The van der Waals surface area contributed by atoms with Crippen LogP contribution in [0.3, 0.4) is 0 Å². The minimum Gasteiger partial charge on any atom is -0.454 e. The van der Waals surface area contributed by atoms with Gasteiger partial charge < -0.3 is 9.73 Å². The molecule has 0 aromatic carbocycles. The van der Waals surface area contributed by atoms with Crippen LogP contribution in [-0.4, -0.2) is 50.4 Å². The van der Waals surface area contributed by atoms with Crippen molar-refractivity contribution >= 4 is 15.7 Å². The van der Waals surface area contributed by atoms with Crippen molar-refractivity contribution < 1.29 is 17.6 Å². The van der Waals surface area contributed by atoms with Gasteiger partial charge in [0.15, 0.2) is 15.6 Å². The van der Waals surface area contributed by atoms with E-state index in [4.69, 9.17) is 4.42 Å². The second-order valence-electron chi connectivity index (χ2n) is 7.24. The Balaban J connectivity index is 1.85. The Morgan fingerprint density at radius 1 is 1.20 bits per heavy atom. The normalized spacial score (nSPS) is 17.6. The lowest BCUT2D eigenvalue weighted by molar-refractivity contribution is 0.0919. The predicted octanol–water partition coefficient (Wildman–Crippen LogP) is 2.63. The smallest absolute Gasteiger partial charge is 0.287 e. The molecule has 25 heavy (non-hydrogen) atoms. The average Bonchev–Trinajstić information content (AvgIpc) is 3.03. The number of furan rings is 1. The molecule has 1 unspecified atom stereocenters. The van der Waals surface area contributed by atoms with Gasteiger partial charge in [-0.3, -0.25) is 9.69 Å². The lowest BCUT2D eigenvalue weighted by Crippen LogP contribution is -2.32. The summed E-state index contributed by atoms with van der Waals surface area (Å²) in [4.78, 5) is 14.5. The van der Waals surface area contributed by atoms with Crippen LogP contribution in [0.4, 0.5) is 0 Å². The summed E-state index contributed by atoms with van der Waals surface area (Å²) < 4.78 is 29.4. The third kappa shape index (κ3) is 6.15. The van der Waals surface area contributed by atoms with Gasteiger partial charge in [-0.15, -0.1) is 0 Å². The van der Waals surface area contributed by atoms with E-state index < -0.39 is 9.84 Å². The first-order chi connectivity index (χ1) is 11.8. The highest BCUT2D eigenvalue weighted by Gasteiger charge is 2.22. The van der Waals surface area contributed by atoms with E-state index in [-0.39, 0.29) is 41.7 Å². The third-order valence-electron chi connectivity index (χ3n) is 4.49. The van der Waals surface area contributed by atoms with Crippen LogP contribution in [0.25, 0.3) is 0 Å². The number of carbonyl (C=O) groups excluding carboxylic acids is 1. The molecular formula is C18H30N2O4S. The summed E-state index contributed by atoms with van der Waals surface area (Å²) in [5.41, 5.74) is 0. The zero-order valence-electron chi connectivity index (χ0n) is 15.5. The molecule has 142 valence electrons. The van der Waals surface area contributed by atoms with Crippen molar-refractivity contribution in [1.29, 1.82) is 0 Å². The van der Waals surface area contributed by atoms with Crippen molar-refractivity contribution in [1.82, 2.24) is 10.2 Å². The second kappa shape index (κ2) is 8.85. The number of piperidine rings is 1. The summed E-state index contributed by atoms with van der Waals surface area (Å²) in [6.45, 7) is 8.03. The number of likely N-dealkylation sites (tertiary alicyclic amines) is 1. The summed E-state index contributed by atoms with van der Waals surface area (Å²) in [6.07, 6.45) is 3.67. The van der Waals surface area contributed by atoms with Gasteiger partial charge in [0.25, 0.3) is 5.91 Å². The molecule has 6 nitrogen and oxygen atoms in total. The lowest BCUT2D eigenvalue weighted by Gasteiger charge is -2.31. The maximum atomic E-state index is 12.2. The van der Waals surface area contributed by atoms with Crippen LogP contribution in [0.5, 0.6) is 0 Å². The van der Waals surface area contributed by atoms with Gasteiger partial charge in [0.1, 0.15) is 5.76 Å². The Labute approximate surface area is 150 Å². The van der Waals surface area contributed by atoms with Crippen LogP contribution in [0, 0.1) is 5.92 Å². The van der Waals surface area contributed by atoms with Gasteiger partial charge in [-0.1, -0.05) is 20.3 Å². The minimum absolute atomic E-state index is 0.0470. The summed E-state index contributed by atoms with van der Waals surface area (Å²) in [7, 11) is -3.13. The lowest BCUT2D eigenvalue weighted by atomic mass is 10.1. The molecule has 1 aromatic rings. The number of rotatable bonds is 8. The Hall–Kier alpha value is -1.34. The fourth-order valence-electron chi connectivity index (χ4n) is 3.18. The van der Waals surface area contributed by atoms with Crippen molar-refractivity contribution in [2.75, 3.05) is 31.1 Å². The first kappa shape index (κ1) is 20.0. The zero-order chi connectivity index (χ0) is 18.4. The van der Waals surface area contributed by atoms with Crippen LogP contribution in [-0.2, 0) is 9.84 Å². The molecule has 0 bridgehead atoms. The fourth-order valence-corrected chi connectivity index (χ4v) is 4.78. The molecule has 1 amide bonds. The van der Waals surface area contributed by atoms with Crippen molar-refractivity contribution in [3.63, 3.8) is 0 Å². The average molecular weight is 371 g/mol. The van der Waals surface area contributed by atoms with E-state index >= 15 is 0 Å². The molecule has 2 heterocycles. The standard InChI is InChI=1S/C18H30N2O4S/c1-14(2)13-25(22,23)12-9-19-18(21)17-8-7-16(24-17)15(3)20-10-5-4-6-11-20/h7-8,14-15H,4-6,9-13H2,1-3H3,(H,19,21). The molecule has 0 saturated carbocycles. The Morgan fingerprint density at radius 3 is 2.52 bits per heavy atom. The Morgan fingerprint density at radius 2 is 1.88 bits per heavy atom. The van der Waals surface area contributed by atoms with Crippen molar-refractivity contribution in [3.05, 3.63) is 23.7 Å². The highest BCUT2D eigenvalue weighted by atomic mass is 32.2. The monoisotopic (exact) mass is 370 g/mol. The van der Waals surface area contributed by atoms with E-state index in [1.165, 1.54) is 19.3 Å². The van der Waals surface area contributed by atoms with Crippen molar-refractivity contribution in [2.24, 2.45) is 5.92 Å². The van der Waals surface area contributed by atoms with E-state index in [1.54, 1.807) is 6.07 Å². The molecule has 0 spiro atoms. The van der Waals surface area contributed by atoms with Crippen LogP contribution < -0.4 is 5.32 Å². The van der Waals surface area contributed by atoms with Crippen LogP contribution in [0.2, 0.25) is 0 Å². The van der Waals surface area contributed by atoms with Crippen LogP contribution in [0.1, 0.15) is 62.4 Å². The maximum Gasteiger partial charge on any atom is 0.287 e. The van der Waals surface area contributed by atoms with Crippen molar-refractivity contribution in [3.8, 4) is 0 Å². The number of hydrogen-bond acceptors (Lipinski definition) is 5. The number of nitrogens with zero attached hydrogens (tertiary/aromatic N) is 1. The number of hydrogen-bond donors (Lipinski definition) is 1. The van der Waals surface area contributed by atoms with E-state index in [2.05, 4.69) is 17.1 Å². The first-order valence-corrected chi connectivity index (χ1v) is 10.9. The molecular weight excluding hydrogens is 340 g/mol. The number of carbonyl (C=O) groups is 1. The van der Waals surface area contributed by atoms with Crippen LogP contribution >= 0.6 is 0 Å². The van der Waals surface area contributed by atoms with Crippen molar-refractivity contribution in [2.45, 2.75) is 46.1 Å². The highest BCUT2D eigenvalue weighted by Crippen LogP contribution is 2.25. The van der Waals surface area contributed by atoms with Gasteiger partial charge in [-0.2, -0.15) is 0 Å². The summed E-state index contributed by atoms with van der Waals surface area (Å²) in [5.74, 6) is 0.830. The minimum atomic E-state index is -3.13. The van der Waals surface area contributed by atoms with E-state index in [0.717, 1.165) is 18.8 Å². The van der Waals surface area contributed by atoms with Gasteiger partial charge in [-0.25, -0.2) is 8.42 Å². The third-order valence-corrected chi connectivity index (χ3v) is 6.49. The molecule has 1 N–H and O–H groups in total. The number of sulfone groups is 1. The van der Waals surface area contributed by atoms with E-state index in [1.807, 2.05) is 19.9 Å². The first-order valence-electron chi connectivity index (χ1n) is 9.11. The molecule has 1 fully saturated rings. The second-order valence-corrected chi connectivity index (χ2v) is 9.47. The maximum absolute atomic E-state index is 12.2. The van der Waals surface area contributed by atoms with E-state index in [9.17, 15) is 13.2 Å². The van der Waals surface area contributed by atoms with Gasteiger partial charge in [0.05, 0.1) is 17.5 Å². The van der Waals surface area contributed by atoms with E-state index in [0.29, 0.717) is 0 Å². The fraction of sp³-hybridized carbons (Fsp3) is 0.722. The Bertz CT molecular complexity index is 660. The molecule has 7 heteroatoms. The van der Waals surface area contributed by atoms with Gasteiger partial charge in [-0.05, 0) is 50.9 Å². The highest BCUT2D eigenvalue weighted by molar-refractivity contribution is 7.91. The predicted molar refractivity (Wildman–Crippen MR) is 98.4 cm³/mol. The SMILES string of the molecule is CC(C)CS(=O)(=O)CCNC(=O)c1ccc(C(C)N2CCCCC2)o1.